The number of aryl methyl sites for hydroxylation is 2. The van der Waals surface area contributed by atoms with Crippen molar-refractivity contribution in [2.75, 3.05) is 11.9 Å². The number of allylic oxidation sites excluding steroid dienone is 1. The molecule has 5 nitrogen and oxygen atoms in total. The predicted molar refractivity (Wildman–Crippen MR) is 72.6 cm³/mol. The number of nitrogens with zero attached hydrogens (tertiary/aromatic N) is 3. The second-order valence-corrected chi connectivity index (χ2v) is 3.99. The van der Waals surface area contributed by atoms with Gasteiger partial charge in [-0.2, -0.15) is 9.97 Å². The summed E-state index contributed by atoms with van der Waals surface area (Å²) in [4.78, 5) is 23.7. The smallest absolute Gasteiger partial charge is 0.226 e. The molecule has 0 spiro atoms. The molecular weight excluding hydrogens is 227 g/mol. The Morgan fingerprint density at radius 3 is 2.28 bits per heavy atom. The molecule has 0 saturated carbocycles. The quantitative estimate of drug-likeness (QED) is 0.466. The molecule has 1 aromatic rings. The highest BCUT2D eigenvalue weighted by Gasteiger charge is 2.03. The van der Waals surface area contributed by atoms with E-state index >= 15 is 0 Å². The molecular formula is C12H18BN4O. The SMILES string of the molecule is C=C(C)C(=O)CCCNc1nc(C)nc(C)n1.[B]. The number of carbonyl (C=O) groups excluding carboxylic acids is 1. The molecule has 1 heterocycles. The van der Waals surface area contributed by atoms with Crippen LogP contribution < -0.4 is 5.32 Å². The van der Waals surface area contributed by atoms with Crippen LogP contribution in [0.3, 0.4) is 0 Å². The van der Waals surface area contributed by atoms with Crippen molar-refractivity contribution in [3.8, 4) is 0 Å². The standard InChI is InChI=1S/C12H18N4O.B/c1-8(2)11(17)6-5-7-13-12-15-9(3)14-10(4)16-12;/h1,5-7H2,2-4H3,(H,13,14,15,16);. The van der Waals surface area contributed by atoms with Crippen LogP contribution in [0.1, 0.15) is 31.4 Å². The predicted octanol–water partition coefficient (Wildman–Crippen LogP) is 1.44. The maximum Gasteiger partial charge on any atom is 0.226 e. The fourth-order valence-electron chi connectivity index (χ4n) is 1.36. The van der Waals surface area contributed by atoms with Crippen molar-refractivity contribution in [3.05, 3.63) is 23.8 Å². The van der Waals surface area contributed by atoms with Gasteiger partial charge in [-0.15, -0.1) is 0 Å². The first-order valence-electron chi connectivity index (χ1n) is 5.61. The first kappa shape index (κ1) is 16.3. The van der Waals surface area contributed by atoms with Gasteiger partial charge in [0, 0.05) is 21.4 Å². The largest absolute Gasteiger partial charge is 0.354 e. The fraction of sp³-hybridized carbons (Fsp3) is 0.500. The molecule has 95 valence electrons. The van der Waals surface area contributed by atoms with Crippen LogP contribution in [0.5, 0.6) is 0 Å². The Hall–Kier alpha value is -1.72. The van der Waals surface area contributed by atoms with E-state index in [4.69, 9.17) is 0 Å². The molecule has 0 aromatic carbocycles. The van der Waals surface area contributed by atoms with Gasteiger partial charge in [0.1, 0.15) is 11.6 Å². The molecule has 18 heavy (non-hydrogen) atoms. The van der Waals surface area contributed by atoms with E-state index in [0.29, 0.717) is 36.1 Å². The Morgan fingerprint density at radius 2 is 1.78 bits per heavy atom. The third-order valence-electron chi connectivity index (χ3n) is 2.20. The minimum absolute atomic E-state index is 0. The zero-order chi connectivity index (χ0) is 12.8. The number of ketones is 1. The van der Waals surface area contributed by atoms with Gasteiger partial charge in [0.05, 0.1) is 0 Å². The number of hydrogen-bond donors (Lipinski definition) is 1. The molecule has 0 amide bonds. The van der Waals surface area contributed by atoms with Crippen LogP contribution in [0.15, 0.2) is 12.2 Å². The number of aromatic nitrogens is 3. The second kappa shape index (κ2) is 7.58. The third-order valence-corrected chi connectivity index (χ3v) is 2.20. The second-order valence-electron chi connectivity index (χ2n) is 3.99. The molecule has 1 rings (SSSR count). The molecule has 0 saturated heterocycles. The number of Topliss-reactive ketones (excluding diaryl/α,β-unsaturated/α-hetero) is 1. The lowest BCUT2D eigenvalue weighted by atomic mass is 10.1. The van der Waals surface area contributed by atoms with Gasteiger partial charge in [0.25, 0.3) is 0 Å². The summed E-state index contributed by atoms with van der Waals surface area (Å²) in [6.07, 6.45) is 1.25. The zero-order valence-electron chi connectivity index (χ0n) is 11.2. The van der Waals surface area contributed by atoms with Crippen LogP contribution in [-0.2, 0) is 4.79 Å². The van der Waals surface area contributed by atoms with E-state index in [1.807, 2.05) is 13.8 Å². The molecule has 6 heteroatoms. The van der Waals surface area contributed by atoms with Gasteiger partial charge in [-0.1, -0.05) is 6.58 Å². The number of hydrogen-bond acceptors (Lipinski definition) is 5. The summed E-state index contributed by atoms with van der Waals surface area (Å²) < 4.78 is 0. The zero-order valence-corrected chi connectivity index (χ0v) is 11.2. The molecule has 1 N–H and O–H groups in total. The van der Waals surface area contributed by atoms with Crippen LogP contribution in [0.4, 0.5) is 5.95 Å². The lowest BCUT2D eigenvalue weighted by Crippen LogP contribution is -2.10. The number of anilines is 1. The highest BCUT2D eigenvalue weighted by atomic mass is 16.1. The highest BCUT2D eigenvalue weighted by Crippen LogP contribution is 2.02. The fourth-order valence-corrected chi connectivity index (χ4v) is 1.36. The van der Waals surface area contributed by atoms with Crippen LogP contribution in [-0.4, -0.2) is 35.7 Å². The lowest BCUT2D eigenvalue weighted by Gasteiger charge is -2.05. The summed E-state index contributed by atoms with van der Waals surface area (Å²) in [7, 11) is 0. The molecule has 0 aliphatic carbocycles. The van der Waals surface area contributed by atoms with Crippen molar-refractivity contribution in [1.82, 2.24) is 15.0 Å². The van der Waals surface area contributed by atoms with Gasteiger partial charge in [-0.05, 0) is 32.8 Å². The van der Waals surface area contributed by atoms with Gasteiger partial charge in [-0.3, -0.25) is 4.79 Å². The van der Waals surface area contributed by atoms with Crippen molar-refractivity contribution in [1.29, 1.82) is 0 Å². The van der Waals surface area contributed by atoms with Crippen LogP contribution >= 0.6 is 0 Å². The van der Waals surface area contributed by atoms with E-state index in [1.54, 1.807) is 6.92 Å². The van der Waals surface area contributed by atoms with Gasteiger partial charge >= 0.3 is 0 Å². The summed E-state index contributed by atoms with van der Waals surface area (Å²) in [5, 5.41) is 3.08. The van der Waals surface area contributed by atoms with Gasteiger partial charge in [-0.25, -0.2) is 4.98 Å². The Morgan fingerprint density at radius 1 is 1.22 bits per heavy atom. The van der Waals surface area contributed by atoms with Gasteiger partial charge in [0.2, 0.25) is 5.95 Å². The molecule has 0 unspecified atom stereocenters. The van der Waals surface area contributed by atoms with E-state index in [0.717, 1.165) is 6.42 Å². The average Bonchev–Trinajstić information content (AvgIpc) is 2.22. The van der Waals surface area contributed by atoms with E-state index in [-0.39, 0.29) is 14.2 Å². The monoisotopic (exact) mass is 245 g/mol. The summed E-state index contributed by atoms with van der Waals surface area (Å²) in [5.74, 6) is 2.06. The molecule has 0 aliphatic rings. The molecule has 3 radical (unpaired) electrons. The molecule has 0 aliphatic heterocycles. The Kier molecular flexibility index (Phi) is 6.86. The highest BCUT2D eigenvalue weighted by molar-refractivity contribution is 5.94. The number of rotatable bonds is 6. The maximum atomic E-state index is 11.3. The number of carbonyl (C=O) groups is 1. The van der Waals surface area contributed by atoms with Gasteiger partial charge in [0.15, 0.2) is 5.78 Å². The van der Waals surface area contributed by atoms with Gasteiger partial charge < -0.3 is 5.32 Å². The maximum absolute atomic E-state index is 11.3. The van der Waals surface area contributed by atoms with Crippen molar-refractivity contribution < 1.29 is 4.79 Å². The Bertz CT molecular complexity index is 414. The first-order valence-corrected chi connectivity index (χ1v) is 5.61. The van der Waals surface area contributed by atoms with E-state index < -0.39 is 0 Å². The summed E-state index contributed by atoms with van der Waals surface area (Å²) in [5.41, 5.74) is 0.608. The summed E-state index contributed by atoms with van der Waals surface area (Å²) >= 11 is 0. The molecule has 0 bridgehead atoms. The minimum Gasteiger partial charge on any atom is -0.354 e. The molecule has 0 fully saturated rings. The Balaban J connectivity index is 0.00000289. The Labute approximate surface area is 110 Å². The first-order chi connectivity index (χ1) is 7.99. The van der Waals surface area contributed by atoms with Crippen molar-refractivity contribution in [2.24, 2.45) is 0 Å². The van der Waals surface area contributed by atoms with Crippen molar-refractivity contribution in [3.63, 3.8) is 0 Å². The lowest BCUT2D eigenvalue weighted by molar-refractivity contribution is -0.115. The summed E-state index contributed by atoms with van der Waals surface area (Å²) in [6, 6.07) is 0. The number of nitrogens with one attached hydrogen (secondary N) is 1. The van der Waals surface area contributed by atoms with Crippen LogP contribution in [0, 0.1) is 13.8 Å². The normalized spacial score (nSPS) is 9.50. The van der Waals surface area contributed by atoms with Crippen LogP contribution in [0.25, 0.3) is 0 Å². The molecule has 0 atom stereocenters. The molecule has 1 aromatic heterocycles. The topological polar surface area (TPSA) is 67.8 Å². The third kappa shape index (κ3) is 5.56. The summed E-state index contributed by atoms with van der Waals surface area (Å²) in [6.45, 7) is 9.66. The van der Waals surface area contributed by atoms with Crippen LogP contribution in [0.2, 0.25) is 0 Å². The van der Waals surface area contributed by atoms with E-state index in [1.165, 1.54) is 0 Å². The van der Waals surface area contributed by atoms with E-state index in [2.05, 4.69) is 26.8 Å². The van der Waals surface area contributed by atoms with Crippen molar-refractivity contribution >= 4 is 20.1 Å². The average molecular weight is 245 g/mol. The van der Waals surface area contributed by atoms with E-state index in [9.17, 15) is 4.79 Å². The minimum atomic E-state index is 0. The van der Waals surface area contributed by atoms with Crippen molar-refractivity contribution in [2.45, 2.75) is 33.6 Å².